The molecule has 2 aromatic heterocycles. The lowest BCUT2D eigenvalue weighted by Crippen LogP contribution is -2.13. The first kappa shape index (κ1) is 16.0. The molecule has 0 radical (unpaired) electrons. The predicted molar refractivity (Wildman–Crippen MR) is 71.3 cm³/mol. The largest absolute Gasteiger partial charge is 0.417 e. The van der Waals surface area contributed by atoms with E-state index in [1.165, 1.54) is 0 Å². The van der Waals surface area contributed by atoms with Gasteiger partial charge in [0.1, 0.15) is 0 Å². The Morgan fingerprint density at radius 1 is 1.36 bits per heavy atom. The Kier molecular flexibility index (Phi) is 4.48. The minimum atomic E-state index is -4.47. The third kappa shape index (κ3) is 3.84. The summed E-state index contributed by atoms with van der Waals surface area (Å²) in [4.78, 5) is 15.3. The molecule has 5 nitrogen and oxygen atoms in total. The summed E-state index contributed by atoms with van der Waals surface area (Å²) in [6.45, 7) is 3.87. The van der Waals surface area contributed by atoms with Crippen LogP contribution in [-0.4, -0.2) is 21.2 Å². The molecule has 1 N–H and O–H groups in total. The van der Waals surface area contributed by atoms with Crippen molar-refractivity contribution >= 4 is 5.97 Å². The van der Waals surface area contributed by atoms with Crippen LogP contribution in [-0.2, 0) is 17.4 Å². The van der Waals surface area contributed by atoms with Gasteiger partial charge in [0.25, 0.3) is 0 Å². The van der Waals surface area contributed by atoms with Gasteiger partial charge in [-0.25, -0.2) is 4.98 Å². The van der Waals surface area contributed by atoms with Gasteiger partial charge in [0.05, 0.1) is 17.7 Å². The summed E-state index contributed by atoms with van der Waals surface area (Å²) < 4.78 is 42.1. The Labute approximate surface area is 124 Å². The first-order chi connectivity index (χ1) is 10.3. The molecule has 0 spiro atoms. The molecular formula is C14H14F3N3O2. The molecule has 0 amide bonds. The zero-order valence-corrected chi connectivity index (χ0v) is 11.9. The van der Waals surface area contributed by atoms with Crippen molar-refractivity contribution in [2.24, 2.45) is 0 Å². The van der Waals surface area contributed by atoms with E-state index in [-0.39, 0.29) is 18.2 Å². The van der Waals surface area contributed by atoms with Crippen LogP contribution in [0.25, 0.3) is 0 Å². The van der Waals surface area contributed by atoms with Gasteiger partial charge in [-0.3, -0.25) is 9.89 Å². The van der Waals surface area contributed by atoms with Crippen LogP contribution in [0, 0.1) is 0 Å². The Balaban J connectivity index is 2.02. The molecule has 0 aliphatic heterocycles. The first-order valence-electron chi connectivity index (χ1n) is 6.54. The highest BCUT2D eigenvalue weighted by molar-refractivity contribution is 5.75. The second kappa shape index (κ2) is 6.17. The fourth-order valence-corrected chi connectivity index (χ4v) is 1.88. The number of nitrogens with one attached hydrogen (secondary N) is 1. The van der Waals surface area contributed by atoms with Crippen LogP contribution in [0.5, 0.6) is 5.88 Å². The van der Waals surface area contributed by atoms with E-state index in [4.69, 9.17) is 4.74 Å². The quantitative estimate of drug-likeness (QED) is 0.881. The summed E-state index contributed by atoms with van der Waals surface area (Å²) >= 11 is 0. The number of carbonyl (C=O) groups is 1. The maximum absolute atomic E-state index is 12.4. The molecular weight excluding hydrogens is 299 g/mol. The SMILES string of the molecule is CC(C)c1n[nH]cc1CC(=O)Oc1ccc(C(F)(F)F)cn1. The Hall–Kier alpha value is -2.38. The molecule has 2 rings (SSSR count). The lowest BCUT2D eigenvalue weighted by atomic mass is 10.0. The van der Waals surface area contributed by atoms with Gasteiger partial charge < -0.3 is 4.74 Å². The third-order valence-electron chi connectivity index (χ3n) is 2.92. The van der Waals surface area contributed by atoms with Crippen molar-refractivity contribution < 1.29 is 22.7 Å². The van der Waals surface area contributed by atoms with E-state index < -0.39 is 17.7 Å². The fraction of sp³-hybridized carbons (Fsp3) is 0.357. The summed E-state index contributed by atoms with van der Waals surface area (Å²) in [5.74, 6) is -0.651. The van der Waals surface area contributed by atoms with Crippen LogP contribution in [0.4, 0.5) is 13.2 Å². The van der Waals surface area contributed by atoms with E-state index >= 15 is 0 Å². The zero-order chi connectivity index (χ0) is 16.3. The van der Waals surface area contributed by atoms with Gasteiger partial charge in [-0.1, -0.05) is 13.8 Å². The van der Waals surface area contributed by atoms with E-state index in [1.807, 2.05) is 13.8 Å². The summed E-state index contributed by atoms with van der Waals surface area (Å²) in [7, 11) is 0. The number of aromatic nitrogens is 3. The molecule has 0 aliphatic carbocycles. The lowest BCUT2D eigenvalue weighted by Gasteiger charge is -2.08. The van der Waals surface area contributed by atoms with Crippen molar-refractivity contribution in [2.45, 2.75) is 32.4 Å². The molecule has 2 heterocycles. The fourth-order valence-electron chi connectivity index (χ4n) is 1.88. The molecule has 0 aliphatic rings. The highest BCUT2D eigenvalue weighted by Gasteiger charge is 2.30. The molecule has 0 atom stereocenters. The van der Waals surface area contributed by atoms with Crippen molar-refractivity contribution in [1.82, 2.24) is 15.2 Å². The number of esters is 1. The van der Waals surface area contributed by atoms with Crippen LogP contribution < -0.4 is 4.74 Å². The summed E-state index contributed by atoms with van der Waals surface area (Å²) in [5.41, 5.74) is 0.536. The van der Waals surface area contributed by atoms with Crippen LogP contribution in [0.15, 0.2) is 24.5 Å². The number of aromatic amines is 1. The van der Waals surface area contributed by atoms with Gasteiger partial charge >= 0.3 is 12.1 Å². The van der Waals surface area contributed by atoms with Crippen LogP contribution in [0.3, 0.4) is 0 Å². The van der Waals surface area contributed by atoms with Crippen molar-refractivity contribution in [2.75, 3.05) is 0 Å². The maximum Gasteiger partial charge on any atom is 0.417 e. The number of alkyl halides is 3. The van der Waals surface area contributed by atoms with Gasteiger partial charge in [-0.05, 0) is 12.0 Å². The second-order valence-electron chi connectivity index (χ2n) is 4.98. The third-order valence-corrected chi connectivity index (χ3v) is 2.92. The highest BCUT2D eigenvalue weighted by Crippen LogP contribution is 2.29. The smallest absolute Gasteiger partial charge is 0.407 e. The summed E-state index contributed by atoms with van der Waals surface area (Å²) in [6.07, 6.45) is -2.29. The highest BCUT2D eigenvalue weighted by atomic mass is 19.4. The number of hydrogen-bond acceptors (Lipinski definition) is 4. The number of halogens is 3. The summed E-state index contributed by atoms with van der Waals surface area (Å²) in [6, 6.07) is 1.83. The Morgan fingerprint density at radius 3 is 2.64 bits per heavy atom. The number of hydrogen-bond donors (Lipinski definition) is 1. The molecule has 0 fully saturated rings. The number of H-pyrrole nitrogens is 1. The van der Waals surface area contributed by atoms with Gasteiger partial charge in [0.15, 0.2) is 0 Å². The predicted octanol–water partition coefficient (Wildman–Crippen LogP) is 3.10. The number of pyridine rings is 1. The average Bonchev–Trinajstić information content (AvgIpc) is 2.86. The van der Waals surface area contributed by atoms with Crippen LogP contribution in [0.1, 0.15) is 36.6 Å². The van der Waals surface area contributed by atoms with Crippen molar-refractivity contribution in [3.8, 4) is 5.88 Å². The van der Waals surface area contributed by atoms with Gasteiger partial charge in [-0.2, -0.15) is 18.3 Å². The lowest BCUT2D eigenvalue weighted by molar-refractivity contribution is -0.137. The molecule has 118 valence electrons. The molecule has 0 saturated heterocycles. The number of carbonyl (C=O) groups excluding carboxylic acids is 1. The minimum absolute atomic E-state index is 0.0350. The van der Waals surface area contributed by atoms with Crippen LogP contribution >= 0.6 is 0 Å². The van der Waals surface area contributed by atoms with E-state index in [1.54, 1.807) is 6.20 Å². The zero-order valence-electron chi connectivity index (χ0n) is 11.9. The molecule has 2 aromatic rings. The normalized spacial score (nSPS) is 11.7. The molecule has 0 bridgehead atoms. The Bertz CT molecular complexity index is 648. The average molecular weight is 313 g/mol. The standard InChI is InChI=1S/C14H14F3N3O2/c1-8(2)13-9(6-19-20-13)5-12(21)22-11-4-3-10(7-18-11)14(15,16)17/h3-4,6-8H,5H2,1-2H3,(H,19,20). The van der Waals surface area contributed by atoms with Crippen molar-refractivity contribution in [3.63, 3.8) is 0 Å². The topological polar surface area (TPSA) is 67.9 Å². The van der Waals surface area contributed by atoms with E-state index in [0.29, 0.717) is 11.8 Å². The van der Waals surface area contributed by atoms with E-state index in [9.17, 15) is 18.0 Å². The molecule has 22 heavy (non-hydrogen) atoms. The second-order valence-corrected chi connectivity index (χ2v) is 4.98. The van der Waals surface area contributed by atoms with Crippen molar-refractivity contribution in [1.29, 1.82) is 0 Å². The summed E-state index contributed by atoms with van der Waals surface area (Å²) in [5, 5.41) is 6.72. The number of rotatable bonds is 4. The number of ether oxygens (including phenoxy) is 1. The Morgan fingerprint density at radius 2 is 2.09 bits per heavy atom. The molecule has 0 aromatic carbocycles. The van der Waals surface area contributed by atoms with Crippen molar-refractivity contribution in [3.05, 3.63) is 41.3 Å². The number of nitrogens with zero attached hydrogens (tertiary/aromatic N) is 2. The molecule has 0 saturated carbocycles. The molecule has 8 heteroatoms. The first-order valence-corrected chi connectivity index (χ1v) is 6.54. The minimum Gasteiger partial charge on any atom is -0.407 e. The van der Waals surface area contributed by atoms with Gasteiger partial charge in [-0.15, -0.1) is 0 Å². The van der Waals surface area contributed by atoms with Gasteiger partial charge in [0.2, 0.25) is 5.88 Å². The molecule has 0 unspecified atom stereocenters. The van der Waals surface area contributed by atoms with Gasteiger partial charge in [0, 0.05) is 24.0 Å². The monoisotopic (exact) mass is 313 g/mol. The van der Waals surface area contributed by atoms with Crippen LogP contribution in [0.2, 0.25) is 0 Å². The van der Waals surface area contributed by atoms with E-state index in [2.05, 4.69) is 15.2 Å². The van der Waals surface area contributed by atoms with E-state index in [0.717, 1.165) is 17.8 Å². The maximum atomic E-state index is 12.4.